The van der Waals surface area contributed by atoms with Gasteiger partial charge in [-0.15, -0.1) is 0 Å². The van der Waals surface area contributed by atoms with Gasteiger partial charge in [-0.1, -0.05) is 18.2 Å². The summed E-state index contributed by atoms with van der Waals surface area (Å²) in [7, 11) is 0. The molecule has 1 atom stereocenters. The largest absolute Gasteiger partial charge is 0.392 e. The van der Waals surface area contributed by atoms with Crippen LogP contribution in [0.3, 0.4) is 0 Å². The maximum Gasteiger partial charge on any atom is 0.0701 e. The van der Waals surface area contributed by atoms with Crippen molar-refractivity contribution < 1.29 is 5.11 Å². The molecule has 1 unspecified atom stereocenters. The minimum atomic E-state index is 0.105. The van der Waals surface area contributed by atoms with E-state index in [1.54, 1.807) is 0 Å². The third-order valence-corrected chi connectivity index (χ3v) is 4.04. The molecule has 1 fully saturated rings. The topological polar surface area (TPSA) is 35.5 Å². The van der Waals surface area contributed by atoms with Crippen LogP contribution in [0.2, 0.25) is 0 Å². The van der Waals surface area contributed by atoms with Gasteiger partial charge in [0.1, 0.15) is 0 Å². The second kappa shape index (κ2) is 6.92. The molecule has 3 nitrogen and oxygen atoms in total. The number of likely N-dealkylation sites (tertiary alicyclic amines) is 1. The number of rotatable bonds is 4. The van der Waals surface area contributed by atoms with E-state index in [2.05, 4.69) is 30.1 Å². The normalized spacial score (nSPS) is 21.4. The number of anilines is 1. The molecule has 2 N–H and O–H groups in total. The van der Waals surface area contributed by atoms with Gasteiger partial charge < -0.3 is 15.3 Å². The first-order valence-electron chi connectivity index (χ1n) is 7.40. The summed E-state index contributed by atoms with van der Waals surface area (Å²) in [4.78, 5) is 2.56. The molecule has 106 valence electrons. The number of aliphatic hydroxyl groups is 1. The molecule has 1 aromatic rings. The molecule has 19 heavy (non-hydrogen) atoms. The summed E-state index contributed by atoms with van der Waals surface area (Å²) in [5, 5.41) is 13.0. The monoisotopic (exact) mass is 262 g/mol. The Labute approximate surface area is 116 Å². The Hall–Kier alpha value is -1.06. The summed E-state index contributed by atoms with van der Waals surface area (Å²) < 4.78 is 0. The van der Waals surface area contributed by atoms with Gasteiger partial charge in [0.2, 0.25) is 0 Å². The van der Waals surface area contributed by atoms with E-state index in [-0.39, 0.29) is 6.61 Å². The van der Waals surface area contributed by atoms with Crippen LogP contribution < -0.4 is 5.32 Å². The summed E-state index contributed by atoms with van der Waals surface area (Å²) in [5.74, 6) is 0. The maximum absolute atomic E-state index is 9.37. The second-order valence-corrected chi connectivity index (χ2v) is 5.72. The van der Waals surface area contributed by atoms with Crippen LogP contribution in [0.4, 0.5) is 5.69 Å². The van der Waals surface area contributed by atoms with Crippen molar-refractivity contribution in [2.45, 2.75) is 51.8 Å². The van der Waals surface area contributed by atoms with Gasteiger partial charge in [-0.25, -0.2) is 0 Å². The standard InChI is InChI=1S/C16H26N2O/c1-13(2)18-10-5-7-15(9-11-18)17-16-8-4-3-6-14(16)12-19/h3-4,6,8,13,15,17,19H,5,7,9-12H2,1-2H3. The molecule has 1 aliphatic heterocycles. The molecule has 2 rings (SSSR count). The Morgan fingerprint density at radius 3 is 2.79 bits per heavy atom. The summed E-state index contributed by atoms with van der Waals surface area (Å²) in [6.07, 6.45) is 3.64. The Kier molecular flexibility index (Phi) is 5.23. The molecule has 1 heterocycles. The fourth-order valence-electron chi connectivity index (χ4n) is 2.80. The first-order chi connectivity index (χ1) is 9.20. The second-order valence-electron chi connectivity index (χ2n) is 5.72. The summed E-state index contributed by atoms with van der Waals surface area (Å²) in [6.45, 7) is 7.02. The maximum atomic E-state index is 9.37. The fraction of sp³-hybridized carbons (Fsp3) is 0.625. The lowest BCUT2D eigenvalue weighted by atomic mass is 10.1. The zero-order valence-corrected chi connectivity index (χ0v) is 12.1. The van der Waals surface area contributed by atoms with E-state index < -0.39 is 0 Å². The van der Waals surface area contributed by atoms with Gasteiger partial charge in [-0.3, -0.25) is 0 Å². The van der Waals surface area contributed by atoms with Crippen LogP contribution in [0.25, 0.3) is 0 Å². The Morgan fingerprint density at radius 1 is 1.26 bits per heavy atom. The smallest absolute Gasteiger partial charge is 0.0701 e. The van der Waals surface area contributed by atoms with Crippen LogP contribution in [-0.2, 0) is 6.61 Å². The van der Waals surface area contributed by atoms with Gasteiger partial charge in [0.15, 0.2) is 0 Å². The molecule has 0 aromatic heterocycles. The SMILES string of the molecule is CC(C)N1CCCC(Nc2ccccc2CO)CC1. The number of aliphatic hydroxyl groups excluding tert-OH is 1. The highest BCUT2D eigenvalue weighted by atomic mass is 16.3. The molecule has 0 bridgehead atoms. The van der Waals surface area contributed by atoms with Crippen molar-refractivity contribution >= 4 is 5.69 Å². The molecule has 3 heteroatoms. The molecule has 1 saturated heterocycles. The average Bonchev–Trinajstić information content (AvgIpc) is 2.65. The fourth-order valence-corrected chi connectivity index (χ4v) is 2.80. The number of nitrogens with one attached hydrogen (secondary N) is 1. The number of benzene rings is 1. The molecule has 0 aliphatic carbocycles. The van der Waals surface area contributed by atoms with Crippen molar-refractivity contribution in [1.82, 2.24) is 4.90 Å². The molecular formula is C16H26N2O. The zero-order chi connectivity index (χ0) is 13.7. The third-order valence-electron chi connectivity index (χ3n) is 4.04. The number of hydrogen-bond donors (Lipinski definition) is 2. The van der Waals surface area contributed by atoms with Gasteiger partial charge >= 0.3 is 0 Å². The molecule has 0 radical (unpaired) electrons. The van der Waals surface area contributed by atoms with E-state index in [1.165, 1.54) is 25.8 Å². The van der Waals surface area contributed by atoms with E-state index in [9.17, 15) is 5.11 Å². The minimum Gasteiger partial charge on any atom is -0.392 e. The van der Waals surface area contributed by atoms with Crippen LogP contribution in [0.5, 0.6) is 0 Å². The lowest BCUT2D eigenvalue weighted by Crippen LogP contribution is -2.32. The number of para-hydroxylation sites is 1. The predicted molar refractivity (Wildman–Crippen MR) is 80.3 cm³/mol. The van der Waals surface area contributed by atoms with Gasteiger partial charge in [-0.05, 0) is 45.7 Å². The Bertz CT molecular complexity index is 392. The van der Waals surface area contributed by atoms with Crippen LogP contribution in [-0.4, -0.2) is 35.2 Å². The van der Waals surface area contributed by atoms with Gasteiger partial charge in [0.25, 0.3) is 0 Å². The van der Waals surface area contributed by atoms with E-state index >= 15 is 0 Å². The Morgan fingerprint density at radius 2 is 2.05 bits per heavy atom. The molecular weight excluding hydrogens is 236 g/mol. The van der Waals surface area contributed by atoms with E-state index in [4.69, 9.17) is 0 Å². The molecule has 1 aliphatic rings. The Balaban J connectivity index is 1.96. The number of hydrogen-bond acceptors (Lipinski definition) is 3. The van der Waals surface area contributed by atoms with Gasteiger partial charge in [0, 0.05) is 29.9 Å². The first-order valence-corrected chi connectivity index (χ1v) is 7.40. The van der Waals surface area contributed by atoms with E-state index in [0.29, 0.717) is 12.1 Å². The quantitative estimate of drug-likeness (QED) is 0.876. The zero-order valence-electron chi connectivity index (χ0n) is 12.1. The van der Waals surface area contributed by atoms with Crippen LogP contribution in [0.15, 0.2) is 24.3 Å². The summed E-state index contributed by atoms with van der Waals surface area (Å²) in [6, 6.07) is 9.22. The van der Waals surface area contributed by atoms with Gasteiger partial charge in [-0.2, -0.15) is 0 Å². The highest BCUT2D eigenvalue weighted by molar-refractivity contribution is 5.51. The highest BCUT2D eigenvalue weighted by Crippen LogP contribution is 2.21. The van der Waals surface area contributed by atoms with Crippen molar-refractivity contribution in [1.29, 1.82) is 0 Å². The van der Waals surface area contributed by atoms with Gasteiger partial charge in [0.05, 0.1) is 6.61 Å². The van der Waals surface area contributed by atoms with Crippen LogP contribution in [0.1, 0.15) is 38.7 Å². The molecule has 1 aromatic carbocycles. The summed E-state index contributed by atoms with van der Waals surface area (Å²) >= 11 is 0. The molecule has 0 spiro atoms. The lowest BCUT2D eigenvalue weighted by molar-refractivity contribution is 0.230. The van der Waals surface area contributed by atoms with Crippen molar-refractivity contribution in [2.24, 2.45) is 0 Å². The first kappa shape index (κ1) is 14.4. The van der Waals surface area contributed by atoms with Crippen LogP contribution >= 0.6 is 0 Å². The number of nitrogens with zero attached hydrogens (tertiary/aromatic N) is 1. The van der Waals surface area contributed by atoms with E-state index in [1.807, 2.05) is 18.2 Å². The molecule has 0 amide bonds. The lowest BCUT2D eigenvalue weighted by Gasteiger charge is -2.24. The predicted octanol–water partition coefficient (Wildman–Crippen LogP) is 2.85. The van der Waals surface area contributed by atoms with Crippen molar-refractivity contribution in [3.05, 3.63) is 29.8 Å². The van der Waals surface area contributed by atoms with Crippen molar-refractivity contribution in [3.8, 4) is 0 Å². The van der Waals surface area contributed by atoms with Crippen LogP contribution in [0, 0.1) is 0 Å². The minimum absolute atomic E-state index is 0.105. The molecule has 0 saturated carbocycles. The third kappa shape index (κ3) is 3.95. The van der Waals surface area contributed by atoms with E-state index in [0.717, 1.165) is 17.8 Å². The van der Waals surface area contributed by atoms with Crippen molar-refractivity contribution in [2.75, 3.05) is 18.4 Å². The average molecular weight is 262 g/mol. The highest BCUT2D eigenvalue weighted by Gasteiger charge is 2.18. The van der Waals surface area contributed by atoms with Crippen molar-refractivity contribution in [3.63, 3.8) is 0 Å². The summed E-state index contributed by atoms with van der Waals surface area (Å²) in [5.41, 5.74) is 2.08.